The Morgan fingerprint density at radius 1 is 0.950 bits per heavy atom. The van der Waals surface area contributed by atoms with Gasteiger partial charge in [-0.2, -0.15) is 0 Å². The predicted octanol–water partition coefficient (Wildman–Crippen LogP) is 3.74. The summed E-state index contributed by atoms with van der Waals surface area (Å²) in [5, 5.41) is 0. The summed E-state index contributed by atoms with van der Waals surface area (Å²) >= 11 is 0. The lowest BCUT2D eigenvalue weighted by molar-refractivity contribution is 0.213. The van der Waals surface area contributed by atoms with Gasteiger partial charge in [0.25, 0.3) is 0 Å². The molecule has 1 rings (SSSR count). The quantitative estimate of drug-likeness (QED) is 0.315. The number of hydrogen-bond acceptors (Lipinski definition) is 2. The molecule has 1 aromatic rings. The van der Waals surface area contributed by atoms with Gasteiger partial charge < -0.3 is 8.85 Å². The summed E-state index contributed by atoms with van der Waals surface area (Å²) < 4.78 is 63.1. The minimum absolute atomic E-state index is 0.105. The maximum atomic E-state index is 13.4. The van der Waals surface area contributed by atoms with Gasteiger partial charge in [0, 0.05) is 13.2 Å². The molecule has 0 atom stereocenters. The lowest BCUT2D eigenvalue weighted by atomic mass is 10.1. The Bertz CT molecular complexity index is 437. The van der Waals surface area contributed by atoms with Crippen LogP contribution in [-0.4, -0.2) is 22.5 Å². The summed E-state index contributed by atoms with van der Waals surface area (Å²) in [6.45, 7) is 4.72. The van der Waals surface area contributed by atoms with E-state index in [1.54, 1.807) is 0 Å². The van der Waals surface area contributed by atoms with Gasteiger partial charge in [-0.3, -0.25) is 0 Å². The monoisotopic (exact) mass is 309 g/mol. The van der Waals surface area contributed by atoms with Crippen LogP contribution in [0.3, 0.4) is 0 Å². The third kappa shape index (κ3) is 4.57. The van der Waals surface area contributed by atoms with Crippen LogP contribution >= 0.6 is 0 Å². The van der Waals surface area contributed by atoms with Gasteiger partial charge in [0.2, 0.25) is 0 Å². The molecule has 0 unspecified atom stereocenters. The largest absolute Gasteiger partial charge is 0.394 e. The molecule has 1 radical (unpaired) electrons. The molecule has 0 spiro atoms. The Balaban J connectivity index is 2.61. The van der Waals surface area contributed by atoms with Crippen LogP contribution in [0.4, 0.5) is 17.6 Å². The van der Waals surface area contributed by atoms with Crippen LogP contribution in [0, 0.1) is 23.3 Å². The molecular weight excluding hydrogens is 292 g/mol. The summed E-state index contributed by atoms with van der Waals surface area (Å²) in [4.78, 5) is 0. The minimum atomic E-state index is -1.78. The molecule has 20 heavy (non-hydrogen) atoms. The van der Waals surface area contributed by atoms with Crippen molar-refractivity contribution in [2.75, 3.05) is 13.2 Å². The van der Waals surface area contributed by atoms with Gasteiger partial charge in [0.15, 0.2) is 23.3 Å². The van der Waals surface area contributed by atoms with E-state index < -0.39 is 32.6 Å². The standard InChI is InChI=1S/C13H17F4O2Si/c1-3-18-20(19-4-2)7-5-6-9-8-10(14)12(16)13(17)11(9)15/h8H,3-7H2,1-2H3. The molecule has 0 fully saturated rings. The van der Waals surface area contributed by atoms with Crippen molar-refractivity contribution >= 4 is 9.28 Å². The van der Waals surface area contributed by atoms with Gasteiger partial charge in [0.05, 0.1) is 0 Å². The molecule has 0 saturated heterocycles. The highest BCUT2D eigenvalue weighted by atomic mass is 28.3. The minimum Gasteiger partial charge on any atom is -0.394 e. The van der Waals surface area contributed by atoms with E-state index in [1.807, 2.05) is 13.8 Å². The van der Waals surface area contributed by atoms with Gasteiger partial charge >= 0.3 is 9.28 Å². The average molecular weight is 309 g/mol. The Morgan fingerprint density at radius 3 is 2.10 bits per heavy atom. The van der Waals surface area contributed by atoms with Crippen molar-refractivity contribution < 1.29 is 26.4 Å². The first-order chi connectivity index (χ1) is 9.51. The van der Waals surface area contributed by atoms with E-state index in [0.29, 0.717) is 31.7 Å². The number of benzene rings is 1. The van der Waals surface area contributed by atoms with Gasteiger partial charge in [0.1, 0.15) is 0 Å². The molecular formula is C13H17F4O2Si. The van der Waals surface area contributed by atoms with Crippen LogP contribution in [0.5, 0.6) is 0 Å². The summed E-state index contributed by atoms with van der Waals surface area (Å²) in [6.07, 6.45) is 0.560. The highest BCUT2D eigenvalue weighted by molar-refractivity contribution is 6.44. The second kappa shape index (κ2) is 8.38. The van der Waals surface area contributed by atoms with E-state index >= 15 is 0 Å². The van der Waals surface area contributed by atoms with Crippen LogP contribution in [0.15, 0.2) is 6.07 Å². The molecule has 0 saturated carbocycles. The first-order valence-electron chi connectivity index (χ1n) is 6.44. The van der Waals surface area contributed by atoms with Gasteiger partial charge in [-0.25, -0.2) is 17.6 Å². The molecule has 0 aliphatic rings. The summed E-state index contributed by atoms with van der Waals surface area (Å²) in [5.41, 5.74) is -0.171. The van der Waals surface area contributed by atoms with E-state index in [-0.39, 0.29) is 12.0 Å². The first-order valence-corrected chi connectivity index (χ1v) is 7.96. The van der Waals surface area contributed by atoms with Crippen molar-refractivity contribution in [2.45, 2.75) is 32.7 Å². The highest BCUT2D eigenvalue weighted by Crippen LogP contribution is 2.20. The third-order valence-electron chi connectivity index (χ3n) is 2.62. The number of hydrogen-bond donors (Lipinski definition) is 0. The molecule has 113 valence electrons. The predicted molar refractivity (Wildman–Crippen MR) is 68.4 cm³/mol. The van der Waals surface area contributed by atoms with E-state index in [0.717, 1.165) is 0 Å². The SMILES string of the molecule is CCO[Si](CCCc1cc(F)c(F)c(F)c1F)OCC. The van der Waals surface area contributed by atoms with Crippen LogP contribution in [-0.2, 0) is 15.3 Å². The van der Waals surface area contributed by atoms with Gasteiger partial charge in [-0.05, 0) is 44.4 Å². The Kier molecular flexibility index (Phi) is 7.18. The second-order valence-electron chi connectivity index (χ2n) is 4.05. The lowest BCUT2D eigenvalue weighted by Crippen LogP contribution is -2.22. The normalized spacial score (nSPS) is 11.3. The Hall–Kier alpha value is -0.923. The fourth-order valence-corrected chi connectivity index (χ4v) is 3.22. The summed E-state index contributed by atoms with van der Waals surface area (Å²) in [5.74, 6) is -6.25. The van der Waals surface area contributed by atoms with E-state index in [1.165, 1.54) is 0 Å². The number of rotatable bonds is 8. The van der Waals surface area contributed by atoms with Crippen molar-refractivity contribution in [3.8, 4) is 0 Å². The maximum Gasteiger partial charge on any atom is 0.384 e. The maximum absolute atomic E-state index is 13.4. The summed E-state index contributed by atoms with van der Waals surface area (Å²) in [7, 11) is -1.44. The average Bonchev–Trinajstić information content (AvgIpc) is 2.42. The fourth-order valence-electron chi connectivity index (χ4n) is 1.73. The molecule has 7 heteroatoms. The smallest absolute Gasteiger partial charge is 0.384 e. The summed E-state index contributed by atoms with van der Waals surface area (Å²) in [6, 6.07) is 1.26. The van der Waals surface area contributed by atoms with Crippen molar-refractivity contribution in [2.24, 2.45) is 0 Å². The number of halogens is 4. The van der Waals surface area contributed by atoms with Gasteiger partial charge in [-0.15, -0.1) is 0 Å². The molecule has 0 aliphatic heterocycles. The number of aryl methyl sites for hydroxylation is 1. The Labute approximate surface area is 117 Å². The van der Waals surface area contributed by atoms with E-state index in [9.17, 15) is 17.6 Å². The van der Waals surface area contributed by atoms with Crippen molar-refractivity contribution in [3.63, 3.8) is 0 Å². The van der Waals surface area contributed by atoms with Crippen LogP contribution in [0.2, 0.25) is 6.04 Å². The third-order valence-corrected chi connectivity index (χ3v) is 4.60. The molecule has 0 aromatic heterocycles. The van der Waals surface area contributed by atoms with Crippen molar-refractivity contribution in [1.82, 2.24) is 0 Å². The molecule has 0 amide bonds. The van der Waals surface area contributed by atoms with Crippen molar-refractivity contribution in [3.05, 3.63) is 34.9 Å². The zero-order chi connectivity index (χ0) is 15.1. The van der Waals surface area contributed by atoms with Crippen molar-refractivity contribution in [1.29, 1.82) is 0 Å². The second-order valence-corrected chi connectivity index (χ2v) is 5.87. The zero-order valence-corrected chi connectivity index (χ0v) is 12.4. The molecule has 2 nitrogen and oxygen atoms in total. The molecule has 0 aliphatic carbocycles. The highest BCUT2D eigenvalue weighted by Gasteiger charge is 2.20. The van der Waals surface area contributed by atoms with Crippen LogP contribution in [0.25, 0.3) is 0 Å². The first kappa shape index (κ1) is 17.1. The Morgan fingerprint density at radius 2 is 1.55 bits per heavy atom. The van der Waals surface area contributed by atoms with Crippen LogP contribution in [0.1, 0.15) is 25.8 Å². The van der Waals surface area contributed by atoms with Crippen LogP contribution < -0.4 is 0 Å². The van der Waals surface area contributed by atoms with E-state index in [4.69, 9.17) is 8.85 Å². The lowest BCUT2D eigenvalue weighted by Gasteiger charge is -2.13. The zero-order valence-electron chi connectivity index (χ0n) is 11.4. The molecule has 1 aromatic carbocycles. The topological polar surface area (TPSA) is 18.5 Å². The molecule has 0 N–H and O–H groups in total. The fraction of sp³-hybridized carbons (Fsp3) is 0.538. The van der Waals surface area contributed by atoms with Gasteiger partial charge in [-0.1, -0.05) is 0 Å². The van der Waals surface area contributed by atoms with E-state index in [2.05, 4.69) is 0 Å². The molecule has 0 heterocycles. The molecule has 0 bridgehead atoms.